The largest absolute Gasteiger partial charge is 0.360 e. The van der Waals surface area contributed by atoms with E-state index in [-0.39, 0.29) is 0 Å². The van der Waals surface area contributed by atoms with Gasteiger partial charge in [0.25, 0.3) is 0 Å². The van der Waals surface area contributed by atoms with Gasteiger partial charge in [0.2, 0.25) is 5.95 Å². The fraction of sp³-hybridized carbons (Fsp3) is 0.280. The third-order valence-electron chi connectivity index (χ3n) is 5.91. The molecule has 5 nitrogen and oxygen atoms in total. The van der Waals surface area contributed by atoms with E-state index >= 15 is 0 Å². The summed E-state index contributed by atoms with van der Waals surface area (Å²) >= 11 is 6.49. The van der Waals surface area contributed by atoms with Crippen LogP contribution in [0.15, 0.2) is 67.0 Å². The van der Waals surface area contributed by atoms with E-state index in [0.717, 1.165) is 48.2 Å². The van der Waals surface area contributed by atoms with Crippen LogP contribution >= 0.6 is 11.6 Å². The Kier molecular flexibility index (Phi) is 5.62. The van der Waals surface area contributed by atoms with Gasteiger partial charge >= 0.3 is 0 Å². The molecule has 0 bridgehead atoms. The van der Waals surface area contributed by atoms with Gasteiger partial charge in [0, 0.05) is 48.3 Å². The van der Waals surface area contributed by atoms with Crippen LogP contribution < -0.4 is 5.32 Å². The summed E-state index contributed by atoms with van der Waals surface area (Å²) in [5.74, 6) is 1.23. The van der Waals surface area contributed by atoms with Gasteiger partial charge in [-0.15, -0.1) is 0 Å². The average Bonchev–Trinajstić information content (AvgIpc) is 3.19. The number of para-hydroxylation sites is 1. The van der Waals surface area contributed by atoms with Crippen LogP contribution in [0.4, 0.5) is 5.95 Å². The number of H-pyrrole nitrogens is 1. The first kappa shape index (κ1) is 20.0. The van der Waals surface area contributed by atoms with Crippen LogP contribution in [-0.2, 0) is 6.54 Å². The zero-order valence-electron chi connectivity index (χ0n) is 17.6. The molecule has 5 rings (SSSR count). The average molecular weight is 432 g/mol. The van der Waals surface area contributed by atoms with Crippen LogP contribution in [0.5, 0.6) is 0 Å². The van der Waals surface area contributed by atoms with Crippen LogP contribution in [0, 0.1) is 5.92 Å². The van der Waals surface area contributed by atoms with Crippen molar-refractivity contribution in [1.82, 2.24) is 19.9 Å². The zero-order chi connectivity index (χ0) is 21.2. The summed E-state index contributed by atoms with van der Waals surface area (Å²) in [6, 6.07) is 19.1. The summed E-state index contributed by atoms with van der Waals surface area (Å²) in [4.78, 5) is 15.1. The molecule has 0 amide bonds. The summed E-state index contributed by atoms with van der Waals surface area (Å²) in [5, 5.41) is 5.23. The van der Waals surface area contributed by atoms with Gasteiger partial charge in [-0.05, 0) is 24.0 Å². The Morgan fingerprint density at radius 2 is 1.90 bits per heavy atom. The van der Waals surface area contributed by atoms with Crippen molar-refractivity contribution < 1.29 is 0 Å². The minimum Gasteiger partial charge on any atom is -0.360 e. The second kappa shape index (κ2) is 8.69. The maximum Gasteiger partial charge on any atom is 0.223 e. The predicted molar refractivity (Wildman–Crippen MR) is 127 cm³/mol. The maximum absolute atomic E-state index is 6.49. The molecular formula is C25H26ClN5. The van der Waals surface area contributed by atoms with E-state index in [1.54, 1.807) is 6.20 Å². The second-order valence-corrected chi connectivity index (χ2v) is 8.91. The lowest BCUT2D eigenvalue weighted by Crippen LogP contribution is -2.45. The van der Waals surface area contributed by atoms with Crippen LogP contribution in [0.25, 0.3) is 22.2 Å². The summed E-state index contributed by atoms with van der Waals surface area (Å²) in [6.07, 6.45) is 4.76. The molecular weight excluding hydrogens is 406 g/mol. The van der Waals surface area contributed by atoms with E-state index in [0.29, 0.717) is 22.9 Å². The Morgan fingerprint density at radius 1 is 1.10 bits per heavy atom. The van der Waals surface area contributed by atoms with Crippen molar-refractivity contribution in [2.75, 3.05) is 18.4 Å². The van der Waals surface area contributed by atoms with E-state index in [4.69, 9.17) is 16.6 Å². The fourth-order valence-electron chi connectivity index (χ4n) is 4.61. The summed E-state index contributed by atoms with van der Waals surface area (Å²) < 4.78 is 0. The molecule has 1 fully saturated rings. The van der Waals surface area contributed by atoms with E-state index in [2.05, 4.69) is 69.6 Å². The number of aromatic amines is 1. The Balaban J connectivity index is 1.35. The van der Waals surface area contributed by atoms with Gasteiger partial charge in [-0.3, -0.25) is 4.90 Å². The number of hydrogen-bond donors (Lipinski definition) is 2. The third kappa shape index (κ3) is 4.43. The van der Waals surface area contributed by atoms with Gasteiger partial charge in [-0.1, -0.05) is 67.1 Å². The molecule has 0 unspecified atom stereocenters. The lowest BCUT2D eigenvalue weighted by molar-refractivity contribution is 0.165. The minimum atomic E-state index is 0.296. The number of aromatic nitrogens is 3. The van der Waals surface area contributed by atoms with Crippen LogP contribution in [-0.4, -0.2) is 39.0 Å². The molecule has 2 atom stereocenters. The molecule has 0 saturated carbocycles. The molecule has 2 N–H and O–H groups in total. The van der Waals surface area contributed by atoms with E-state index in [9.17, 15) is 0 Å². The molecule has 2 aromatic heterocycles. The molecule has 6 heteroatoms. The van der Waals surface area contributed by atoms with Crippen molar-refractivity contribution >= 4 is 28.5 Å². The fourth-order valence-corrected chi connectivity index (χ4v) is 4.81. The highest BCUT2D eigenvalue weighted by Gasteiger charge is 2.25. The number of anilines is 1. The monoisotopic (exact) mass is 431 g/mol. The normalized spacial score (nSPS) is 19.5. The number of nitrogens with zero attached hydrogens (tertiary/aromatic N) is 3. The van der Waals surface area contributed by atoms with E-state index in [1.165, 1.54) is 5.56 Å². The number of rotatable bonds is 5. The Hall–Kier alpha value is -2.89. The number of halogens is 1. The highest BCUT2D eigenvalue weighted by molar-refractivity contribution is 6.33. The smallest absolute Gasteiger partial charge is 0.223 e. The second-order valence-electron chi connectivity index (χ2n) is 8.50. The third-order valence-corrected chi connectivity index (χ3v) is 6.18. The molecule has 3 heterocycles. The Labute approximate surface area is 187 Å². The first-order chi connectivity index (χ1) is 15.2. The van der Waals surface area contributed by atoms with Gasteiger partial charge in [0.05, 0.1) is 16.9 Å². The standard InChI is InChI=1S/C25H26ClN5/c1-17-11-19(16-31(14-17)15-18-7-3-2-4-8-18)29-25-28-13-22(26)24(30-25)21-12-27-23-10-6-5-9-20(21)23/h2-10,12-13,17,19,27H,11,14-16H2,1H3,(H,28,29,30)/t17-,19+/m1/s1. The number of hydrogen-bond acceptors (Lipinski definition) is 4. The number of benzene rings is 2. The van der Waals surface area contributed by atoms with Crippen molar-refractivity contribution in [3.8, 4) is 11.3 Å². The van der Waals surface area contributed by atoms with Gasteiger partial charge in [0.15, 0.2) is 0 Å². The highest BCUT2D eigenvalue weighted by atomic mass is 35.5. The van der Waals surface area contributed by atoms with E-state index < -0.39 is 0 Å². The van der Waals surface area contributed by atoms with Gasteiger partial charge in [-0.2, -0.15) is 0 Å². The molecule has 0 spiro atoms. The summed E-state index contributed by atoms with van der Waals surface area (Å²) in [7, 11) is 0. The molecule has 0 radical (unpaired) electrons. The van der Waals surface area contributed by atoms with Crippen molar-refractivity contribution in [1.29, 1.82) is 0 Å². The van der Waals surface area contributed by atoms with Crippen LogP contribution in [0.2, 0.25) is 5.02 Å². The molecule has 1 aliphatic rings. The Morgan fingerprint density at radius 3 is 2.77 bits per heavy atom. The van der Waals surface area contributed by atoms with Crippen molar-refractivity contribution in [2.45, 2.75) is 25.9 Å². The number of fused-ring (bicyclic) bond motifs is 1. The summed E-state index contributed by atoms with van der Waals surface area (Å²) in [5.41, 5.74) is 4.16. The number of nitrogens with one attached hydrogen (secondary N) is 2. The number of piperidine rings is 1. The lowest BCUT2D eigenvalue weighted by atomic mass is 9.95. The highest BCUT2D eigenvalue weighted by Crippen LogP contribution is 2.32. The van der Waals surface area contributed by atoms with Crippen molar-refractivity contribution in [2.24, 2.45) is 5.92 Å². The minimum absolute atomic E-state index is 0.296. The molecule has 1 saturated heterocycles. The molecule has 2 aromatic carbocycles. The van der Waals surface area contributed by atoms with Gasteiger partial charge in [-0.25, -0.2) is 9.97 Å². The van der Waals surface area contributed by atoms with Gasteiger partial charge in [0.1, 0.15) is 0 Å². The molecule has 4 aromatic rings. The zero-order valence-corrected chi connectivity index (χ0v) is 18.3. The topological polar surface area (TPSA) is 56.8 Å². The summed E-state index contributed by atoms with van der Waals surface area (Å²) in [6.45, 7) is 5.35. The quantitative estimate of drug-likeness (QED) is 0.431. The molecule has 1 aliphatic heterocycles. The Bertz CT molecular complexity index is 1170. The van der Waals surface area contributed by atoms with Crippen LogP contribution in [0.1, 0.15) is 18.9 Å². The van der Waals surface area contributed by atoms with E-state index in [1.807, 2.05) is 18.3 Å². The van der Waals surface area contributed by atoms with Crippen molar-refractivity contribution in [3.63, 3.8) is 0 Å². The van der Waals surface area contributed by atoms with Gasteiger partial charge < -0.3 is 10.3 Å². The van der Waals surface area contributed by atoms with Crippen molar-refractivity contribution in [3.05, 3.63) is 77.6 Å². The first-order valence-electron chi connectivity index (χ1n) is 10.8. The maximum atomic E-state index is 6.49. The predicted octanol–water partition coefficient (Wildman–Crippen LogP) is 5.60. The SMILES string of the molecule is C[C@@H]1C[C@H](Nc2ncc(Cl)c(-c3c[nH]c4ccccc34)n2)CN(Cc2ccccc2)C1. The first-order valence-corrected chi connectivity index (χ1v) is 11.2. The molecule has 158 valence electrons. The molecule has 0 aliphatic carbocycles. The molecule has 31 heavy (non-hydrogen) atoms. The lowest BCUT2D eigenvalue weighted by Gasteiger charge is -2.36. The number of likely N-dealkylation sites (tertiary alicyclic amines) is 1. The van der Waals surface area contributed by atoms with Crippen LogP contribution in [0.3, 0.4) is 0 Å².